The fourth-order valence-electron chi connectivity index (χ4n) is 11.7. The average Bonchev–Trinajstić information content (AvgIpc) is 3.72. The summed E-state index contributed by atoms with van der Waals surface area (Å²) in [7, 11) is -9.91. The second-order valence-electron chi connectivity index (χ2n) is 29.4. The van der Waals surface area contributed by atoms with Crippen LogP contribution in [0.15, 0.2) is 0 Å². The molecule has 0 aromatic rings. The minimum atomic E-state index is -4.96. The van der Waals surface area contributed by atoms with Crippen molar-refractivity contribution in [3.05, 3.63) is 0 Å². The number of aliphatic hydroxyl groups excluding tert-OH is 1. The van der Waals surface area contributed by atoms with Gasteiger partial charge in [0, 0.05) is 25.7 Å². The highest BCUT2D eigenvalue weighted by Crippen LogP contribution is 2.45. The smallest absolute Gasteiger partial charge is 0.462 e. The molecule has 0 fully saturated rings. The molecule has 0 heterocycles. The van der Waals surface area contributed by atoms with Crippen LogP contribution < -0.4 is 0 Å². The van der Waals surface area contributed by atoms with Crippen LogP contribution in [0.4, 0.5) is 0 Å². The second-order valence-corrected chi connectivity index (χ2v) is 32.3. The average molecular weight is 1410 g/mol. The van der Waals surface area contributed by atoms with E-state index in [1.54, 1.807) is 0 Å². The number of ether oxygens (including phenoxy) is 4. The molecule has 0 saturated carbocycles. The van der Waals surface area contributed by atoms with Gasteiger partial charge in [-0.25, -0.2) is 9.13 Å². The van der Waals surface area contributed by atoms with Gasteiger partial charge in [-0.3, -0.25) is 37.3 Å². The Kier molecular flexibility index (Phi) is 65.0. The standard InChI is InChI=1S/C77H150O17P2/c1-9-70(8)56-48-40-35-36-44-52-60-77(82)94-73(64-87-74(79)57-49-41-32-26-22-18-15-14-17-21-25-30-38-46-54-68(4)5)66-92-96(85,86)90-62-71(78)61-89-95(83,84)91-65-72(63-88-75(80)58-50-42-34-28-31-39-47-55-69(6)7)93-76(81)59-51-43-33-27-23-19-13-11-10-12-16-20-24-29-37-45-53-67(2)3/h67-73,78H,9-66H2,1-8H3,(H,83,84)(H,85,86)/t70?,71?,72-,73-/m1/s1. The van der Waals surface area contributed by atoms with Crippen molar-refractivity contribution < 1.29 is 80.2 Å². The molecule has 0 bridgehead atoms. The summed E-state index contributed by atoms with van der Waals surface area (Å²) in [4.78, 5) is 72.8. The molecule has 0 aromatic heterocycles. The van der Waals surface area contributed by atoms with Crippen LogP contribution in [-0.2, 0) is 65.4 Å². The number of carbonyl (C=O) groups excluding carboxylic acids is 4. The van der Waals surface area contributed by atoms with E-state index in [2.05, 4.69) is 55.4 Å². The molecule has 96 heavy (non-hydrogen) atoms. The molecule has 0 aliphatic rings. The summed E-state index contributed by atoms with van der Waals surface area (Å²) >= 11 is 0. The summed E-state index contributed by atoms with van der Waals surface area (Å²) in [5.41, 5.74) is 0. The molecule has 3 N–H and O–H groups in total. The lowest BCUT2D eigenvalue weighted by Crippen LogP contribution is -2.30. The van der Waals surface area contributed by atoms with Gasteiger partial charge in [-0.1, -0.05) is 338 Å². The largest absolute Gasteiger partial charge is 0.472 e. The first-order valence-electron chi connectivity index (χ1n) is 39.7. The molecule has 19 heteroatoms. The summed E-state index contributed by atoms with van der Waals surface area (Å²) in [5, 5.41) is 10.6. The van der Waals surface area contributed by atoms with E-state index < -0.39 is 97.5 Å². The molecule has 0 rings (SSSR count). The van der Waals surface area contributed by atoms with Crippen molar-refractivity contribution >= 4 is 39.5 Å². The maximum Gasteiger partial charge on any atom is 0.472 e. The van der Waals surface area contributed by atoms with E-state index in [1.165, 1.54) is 186 Å². The third-order valence-electron chi connectivity index (χ3n) is 18.2. The summed E-state index contributed by atoms with van der Waals surface area (Å²) in [6.07, 6.45) is 51.5. The van der Waals surface area contributed by atoms with Crippen molar-refractivity contribution in [3.8, 4) is 0 Å². The van der Waals surface area contributed by atoms with Crippen molar-refractivity contribution in [1.82, 2.24) is 0 Å². The van der Waals surface area contributed by atoms with Crippen LogP contribution in [0.1, 0.15) is 389 Å². The summed E-state index contributed by atoms with van der Waals surface area (Å²) in [5.74, 6) is 0.910. The molecule has 0 aromatic carbocycles. The molecule has 0 saturated heterocycles. The van der Waals surface area contributed by atoms with Gasteiger partial charge < -0.3 is 33.8 Å². The molecular weight excluding hydrogens is 1260 g/mol. The second kappa shape index (κ2) is 66.3. The number of hydrogen-bond donors (Lipinski definition) is 3. The molecule has 0 aliphatic carbocycles. The van der Waals surface area contributed by atoms with Crippen LogP contribution in [-0.4, -0.2) is 96.7 Å². The molecule has 17 nitrogen and oxygen atoms in total. The first-order valence-corrected chi connectivity index (χ1v) is 42.7. The lowest BCUT2D eigenvalue weighted by molar-refractivity contribution is -0.161. The van der Waals surface area contributed by atoms with Gasteiger partial charge in [0.2, 0.25) is 0 Å². The highest BCUT2D eigenvalue weighted by atomic mass is 31.2. The van der Waals surface area contributed by atoms with Crippen molar-refractivity contribution in [1.29, 1.82) is 0 Å². The minimum absolute atomic E-state index is 0.103. The third kappa shape index (κ3) is 69.2. The van der Waals surface area contributed by atoms with Crippen LogP contribution in [0.25, 0.3) is 0 Å². The number of phosphoric ester groups is 2. The SMILES string of the molecule is CCC(C)CCCCCCCCC(=O)O[C@H](COC(=O)CCCCCCCCCCCCCCCCC(C)C)COP(=O)(O)OCC(O)COP(=O)(O)OC[C@@H](COC(=O)CCCCCCCCCC(C)C)OC(=O)CCCCCCCCCCCCCCCCCCC(C)C. The van der Waals surface area contributed by atoms with E-state index in [0.717, 1.165) is 114 Å². The molecule has 570 valence electrons. The van der Waals surface area contributed by atoms with E-state index in [1.807, 2.05) is 0 Å². The predicted octanol–water partition coefficient (Wildman–Crippen LogP) is 22.4. The van der Waals surface area contributed by atoms with Crippen LogP contribution in [0.3, 0.4) is 0 Å². The number of esters is 4. The summed E-state index contributed by atoms with van der Waals surface area (Å²) in [6.45, 7) is 14.2. The van der Waals surface area contributed by atoms with Gasteiger partial charge in [-0.2, -0.15) is 0 Å². The lowest BCUT2D eigenvalue weighted by atomic mass is 10.00. The number of aliphatic hydroxyl groups is 1. The van der Waals surface area contributed by atoms with Gasteiger partial charge in [-0.05, 0) is 49.4 Å². The van der Waals surface area contributed by atoms with Gasteiger partial charge in [0.25, 0.3) is 0 Å². The summed E-state index contributed by atoms with van der Waals surface area (Å²) < 4.78 is 68.5. The number of carbonyl (C=O) groups is 4. The van der Waals surface area contributed by atoms with Crippen molar-refractivity contribution in [3.63, 3.8) is 0 Å². The van der Waals surface area contributed by atoms with Crippen LogP contribution >= 0.6 is 15.6 Å². The van der Waals surface area contributed by atoms with Crippen LogP contribution in [0, 0.1) is 23.7 Å². The normalized spacial score (nSPS) is 14.4. The fourth-order valence-corrected chi connectivity index (χ4v) is 13.3. The van der Waals surface area contributed by atoms with E-state index in [4.69, 9.17) is 37.0 Å². The third-order valence-corrected chi connectivity index (χ3v) is 20.1. The maximum atomic E-state index is 13.1. The number of unbranched alkanes of at least 4 members (excludes halogenated alkanes) is 39. The van der Waals surface area contributed by atoms with E-state index >= 15 is 0 Å². The van der Waals surface area contributed by atoms with Gasteiger partial charge in [-0.15, -0.1) is 0 Å². The Morgan fingerprint density at radius 1 is 0.292 bits per heavy atom. The van der Waals surface area contributed by atoms with E-state index in [0.29, 0.717) is 31.6 Å². The summed E-state index contributed by atoms with van der Waals surface area (Å²) in [6, 6.07) is 0. The first-order chi connectivity index (χ1) is 46.1. The topological polar surface area (TPSA) is 237 Å². The van der Waals surface area contributed by atoms with E-state index in [9.17, 15) is 43.2 Å². The minimum Gasteiger partial charge on any atom is -0.462 e. The fraction of sp³-hybridized carbons (Fsp3) is 0.948. The Morgan fingerprint density at radius 3 is 0.740 bits per heavy atom. The van der Waals surface area contributed by atoms with E-state index in [-0.39, 0.29) is 25.7 Å². The number of hydrogen-bond acceptors (Lipinski definition) is 15. The van der Waals surface area contributed by atoms with Crippen molar-refractivity contribution in [2.75, 3.05) is 39.6 Å². The van der Waals surface area contributed by atoms with Crippen molar-refractivity contribution in [2.24, 2.45) is 23.7 Å². The predicted molar refractivity (Wildman–Crippen MR) is 391 cm³/mol. The lowest BCUT2D eigenvalue weighted by Gasteiger charge is -2.21. The highest BCUT2D eigenvalue weighted by molar-refractivity contribution is 7.47. The molecule has 0 spiro atoms. The van der Waals surface area contributed by atoms with Gasteiger partial charge in [0.1, 0.15) is 19.3 Å². The molecule has 0 amide bonds. The monoisotopic (exact) mass is 1410 g/mol. The zero-order valence-electron chi connectivity index (χ0n) is 63.0. The Morgan fingerprint density at radius 2 is 0.500 bits per heavy atom. The molecule has 0 aliphatic heterocycles. The zero-order chi connectivity index (χ0) is 71.0. The Bertz CT molecular complexity index is 1890. The number of phosphoric acid groups is 2. The maximum absolute atomic E-state index is 13.1. The number of rotatable bonds is 74. The Labute approximate surface area is 588 Å². The highest BCUT2D eigenvalue weighted by Gasteiger charge is 2.30. The first kappa shape index (κ1) is 94.1. The molecule has 0 radical (unpaired) electrons. The molecule has 6 atom stereocenters. The Hall–Kier alpha value is -1.94. The van der Waals surface area contributed by atoms with Crippen LogP contribution in [0.5, 0.6) is 0 Å². The quantitative estimate of drug-likeness (QED) is 0.0222. The van der Waals surface area contributed by atoms with Crippen molar-refractivity contribution in [2.45, 2.75) is 408 Å². The molecule has 4 unspecified atom stereocenters. The van der Waals surface area contributed by atoms with Crippen LogP contribution in [0.2, 0.25) is 0 Å². The van der Waals surface area contributed by atoms with Gasteiger partial charge >= 0.3 is 39.5 Å². The molecular formula is C77H150O17P2. The van der Waals surface area contributed by atoms with Gasteiger partial charge in [0.05, 0.1) is 26.4 Å². The Balaban J connectivity index is 5.18. The zero-order valence-corrected chi connectivity index (χ0v) is 64.8. The van der Waals surface area contributed by atoms with Gasteiger partial charge in [0.15, 0.2) is 12.2 Å².